The van der Waals surface area contributed by atoms with Crippen LogP contribution in [0.2, 0.25) is 5.02 Å². The Hall–Kier alpha value is -3.06. The van der Waals surface area contributed by atoms with Crippen LogP contribution in [0.1, 0.15) is 34.6 Å². The number of hydrogen-bond acceptors (Lipinski definition) is 6. The molecule has 0 spiro atoms. The molecular formula is C21H20ClNO6. The second-order valence-corrected chi connectivity index (χ2v) is 7.18. The number of rotatable bonds is 7. The van der Waals surface area contributed by atoms with E-state index in [0.717, 1.165) is 0 Å². The predicted octanol–water partition coefficient (Wildman–Crippen LogP) is 3.25. The number of ketones is 1. The zero-order valence-electron chi connectivity index (χ0n) is 15.9. The van der Waals surface area contributed by atoms with Crippen LogP contribution in [0.4, 0.5) is 0 Å². The van der Waals surface area contributed by atoms with E-state index in [1.54, 1.807) is 50.2 Å². The lowest BCUT2D eigenvalue weighted by Gasteiger charge is -2.21. The Balaban J connectivity index is 1.61. The van der Waals surface area contributed by atoms with Crippen molar-refractivity contribution in [3.63, 3.8) is 0 Å². The molecule has 7 nitrogen and oxygen atoms in total. The van der Waals surface area contributed by atoms with E-state index in [9.17, 15) is 14.4 Å². The van der Waals surface area contributed by atoms with Crippen molar-refractivity contribution in [1.82, 2.24) is 5.32 Å². The summed E-state index contributed by atoms with van der Waals surface area (Å²) in [5, 5.41) is 2.90. The lowest BCUT2D eigenvalue weighted by Crippen LogP contribution is -2.45. The van der Waals surface area contributed by atoms with Crippen molar-refractivity contribution in [2.24, 2.45) is 5.92 Å². The van der Waals surface area contributed by atoms with Gasteiger partial charge in [0, 0.05) is 5.56 Å². The van der Waals surface area contributed by atoms with E-state index in [1.165, 1.54) is 6.07 Å². The molecule has 0 bridgehead atoms. The highest BCUT2D eigenvalue weighted by Crippen LogP contribution is 2.32. The molecule has 152 valence electrons. The molecular weight excluding hydrogens is 398 g/mol. The van der Waals surface area contributed by atoms with Gasteiger partial charge in [-0.15, -0.1) is 0 Å². The maximum Gasteiger partial charge on any atom is 0.329 e. The first kappa shape index (κ1) is 20.7. The third-order valence-electron chi connectivity index (χ3n) is 4.37. The first-order valence-electron chi connectivity index (χ1n) is 9.01. The quantitative estimate of drug-likeness (QED) is 0.549. The molecule has 2 aromatic carbocycles. The van der Waals surface area contributed by atoms with Crippen LogP contribution >= 0.6 is 11.6 Å². The normalized spacial score (nSPS) is 13.1. The summed E-state index contributed by atoms with van der Waals surface area (Å²) < 4.78 is 15.6. The summed E-state index contributed by atoms with van der Waals surface area (Å²) in [5.41, 5.74) is 0.590. The average molecular weight is 418 g/mol. The van der Waals surface area contributed by atoms with Crippen LogP contribution in [-0.2, 0) is 9.53 Å². The largest absolute Gasteiger partial charge is 0.456 e. The number of ether oxygens (including phenoxy) is 3. The number of carbonyl (C=O) groups excluding carboxylic acids is 3. The lowest BCUT2D eigenvalue weighted by molar-refractivity contribution is -0.145. The number of amides is 1. The Labute approximate surface area is 172 Å². The summed E-state index contributed by atoms with van der Waals surface area (Å²) in [4.78, 5) is 37.3. The Morgan fingerprint density at radius 3 is 2.55 bits per heavy atom. The van der Waals surface area contributed by atoms with Crippen molar-refractivity contribution in [1.29, 1.82) is 0 Å². The average Bonchev–Trinajstić information content (AvgIpc) is 3.17. The van der Waals surface area contributed by atoms with Crippen molar-refractivity contribution in [2.75, 3.05) is 13.4 Å². The third-order valence-corrected chi connectivity index (χ3v) is 4.70. The van der Waals surface area contributed by atoms with Gasteiger partial charge in [0.2, 0.25) is 6.79 Å². The fourth-order valence-corrected chi connectivity index (χ4v) is 2.96. The number of nitrogens with one attached hydrogen (secondary N) is 1. The van der Waals surface area contributed by atoms with E-state index >= 15 is 0 Å². The van der Waals surface area contributed by atoms with E-state index in [0.29, 0.717) is 17.1 Å². The van der Waals surface area contributed by atoms with Gasteiger partial charge in [-0.25, -0.2) is 4.79 Å². The lowest BCUT2D eigenvalue weighted by atomic mass is 10.0. The van der Waals surface area contributed by atoms with E-state index in [1.807, 2.05) is 0 Å². The summed E-state index contributed by atoms with van der Waals surface area (Å²) in [5.74, 6) is -0.816. The fourth-order valence-electron chi connectivity index (χ4n) is 2.74. The van der Waals surface area contributed by atoms with Crippen molar-refractivity contribution >= 4 is 29.3 Å². The fraction of sp³-hybridized carbons (Fsp3) is 0.286. The molecule has 2 aromatic rings. The minimum atomic E-state index is -0.927. The van der Waals surface area contributed by atoms with Crippen LogP contribution in [0, 0.1) is 5.92 Å². The standard InChI is InChI=1S/C21H20ClNO6/c1-12(2)19(23-20(25)14-5-3-4-6-15(14)22)21(26)27-10-16(24)13-7-8-17-18(9-13)29-11-28-17/h3-9,12,19H,10-11H2,1-2H3,(H,23,25)/t19-/m0/s1. The molecule has 1 N–H and O–H groups in total. The molecule has 1 heterocycles. The molecule has 0 aromatic heterocycles. The summed E-state index contributed by atoms with van der Waals surface area (Å²) in [6.07, 6.45) is 0. The number of esters is 1. The molecule has 0 fully saturated rings. The van der Waals surface area contributed by atoms with Gasteiger partial charge in [-0.2, -0.15) is 0 Å². The topological polar surface area (TPSA) is 90.9 Å². The zero-order valence-corrected chi connectivity index (χ0v) is 16.7. The number of fused-ring (bicyclic) bond motifs is 1. The van der Waals surface area contributed by atoms with Crippen LogP contribution in [0.15, 0.2) is 42.5 Å². The van der Waals surface area contributed by atoms with Crippen LogP contribution in [0.3, 0.4) is 0 Å². The number of carbonyl (C=O) groups is 3. The van der Waals surface area contributed by atoms with Crippen LogP contribution in [0.25, 0.3) is 0 Å². The molecule has 1 amide bonds. The smallest absolute Gasteiger partial charge is 0.329 e. The second kappa shape index (κ2) is 8.96. The van der Waals surface area contributed by atoms with Gasteiger partial charge in [0.15, 0.2) is 23.9 Å². The highest BCUT2D eigenvalue weighted by Gasteiger charge is 2.27. The van der Waals surface area contributed by atoms with E-state index < -0.39 is 30.3 Å². The maximum atomic E-state index is 12.5. The highest BCUT2D eigenvalue weighted by atomic mass is 35.5. The molecule has 1 aliphatic heterocycles. The number of hydrogen-bond donors (Lipinski definition) is 1. The summed E-state index contributed by atoms with van der Waals surface area (Å²) >= 11 is 6.03. The van der Waals surface area contributed by atoms with Gasteiger partial charge >= 0.3 is 5.97 Å². The molecule has 0 unspecified atom stereocenters. The molecule has 0 radical (unpaired) electrons. The molecule has 0 saturated heterocycles. The highest BCUT2D eigenvalue weighted by molar-refractivity contribution is 6.33. The van der Waals surface area contributed by atoms with Crippen LogP contribution in [0.5, 0.6) is 11.5 Å². The predicted molar refractivity (Wildman–Crippen MR) is 105 cm³/mol. The molecule has 3 rings (SSSR count). The molecule has 1 atom stereocenters. The van der Waals surface area contributed by atoms with Gasteiger partial charge in [-0.3, -0.25) is 9.59 Å². The van der Waals surface area contributed by atoms with E-state index in [4.69, 9.17) is 25.8 Å². The number of Topliss-reactive ketones (excluding diaryl/α,β-unsaturated/α-hetero) is 1. The van der Waals surface area contributed by atoms with Gasteiger partial charge in [-0.1, -0.05) is 37.6 Å². The molecule has 0 saturated carbocycles. The maximum absolute atomic E-state index is 12.5. The first-order chi connectivity index (χ1) is 13.9. The SMILES string of the molecule is CC(C)[C@H](NC(=O)c1ccccc1Cl)C(=O)OCC(=O)c1ccc2c(c1)OCO2. The summed E-state index contributed by atoms with van der Waals surface area (Å²) in [6.45, 7) is 3.17. The minimum Gasteiger partial charge on any atom is -0.456 e. The minimum absolute atomic E-state index is 0.100. The molecule has 1 aliphatic rings. The van der Waals surface area contributed by atoms with Crippen LogP contribution < -0.4 is 14.8 Å². The van der Waals surface area contributed by atoms with Gasteiger partial charge in [0.1, 0.15) is 6.04 Å². The van der Waals surface area contributed by atoms with Gasteiger partial charge in [0.25, 0.3) is 5.91 Å². The van der Waals surface area contributed by atoms with E-state index in [-0.39, 0.29) is 23.3 Å². The second-order valence-electron chi connectivity index (χ2n) is 6.77. The molecule has 0 aliphatic carbocycles. The van der Waals surface area contributed by atoms with E-state index in [2.05, 4.69) is 5.32 Å². The third kappa shape index (κ3) is 4.86. The van der Waals surface area contributed by atoms with Gasteiger partial charge in [-0.05, 0) is 36.2 Å². The Kier molecular flexibility index (Phi) is 6.39. The number of benzene rings is 2. The Morgan fingerprint density at radius 1 is 1.10 bits per heavy atom. The molecule has 8 heteroatoms. The zero-order chi connectivity index (χ0) is 21.0. The Bertz CT molecular complexity index is 943. The Morgan fingerprint density at radius 2 is 1.83 bits per heavy atom. The number of halogens is 1. The van der Waals surface area contributed by atoms with Gasteiger partial charge < -0.3 is 19.5 Å². The van der Waals surface area contributed by atoms with Crippen molar-refractivity contribution in [3.05, 3.63) is 58.6 Å². The monoisotopic (exact) mass is 417 g/mol. The van der Waals surface area contributed by atoms with Crippen molar-refractivity contribution in [2.45, 2.75) is 19.9 Å². The summed E-state index contributed by atoms with van der Waals surface area (Å²) in [7, 11) is 0. The molecule has 29 heavy (non-hydrogen) atoms. The summed E-state index contributed by atoms with van der Waals surface area (Å²) in [6, 6.07) is 10.3. The van der Waals surface area contributed by atoms with Crippen LogP contribution in [-0.4, -0.2) is 37.1 Å². The van der Waals surface area contributed by atoms with Gasteiger partial charge in [0.05, 0.1) is 10.6 Å². The first-order valence-corrected chi connectivity index (χ1v) is 9.39. The van der Waals surface area contributed by atoms with Crippen molar-refractivity contribution in [3.8, 4) is 11.5 Å². The van der Waals surface area contributed by atoms with Crippen molar-refractivity contribution < 1.29 is 28.6 Å².